The number of hydrogen-bond donors (Lipinski definition) is 0. The lowest BCUT2D eigenvalue weighted by Gasteiger charge is -2.38. The lowest BCUT2D eigenvalue weighted by molar-refractivity contribution is 0.0678. The highest BCUT2D eigenvalue weighted by molar-refractivity contribution is 6.74. The minimum Gasteiger partial charge on any atom is -0.412 e. The molecule has 2 aromatic rings. The van der Waals surface area contributed by atoms with E-state index in [4.69, 9.17) is 4.43 Å². The van der Waals surface area contributed by atoms with Gasteiger partial charge in [-0.05, 0) is 73.7 Å². The van der Waals surface area contributed by atoms with Gasteiger partial charge in [-0.3, -0.25) is 4.79 Å². The number of rotatable bonds is 6. The molecule has 2 heterocycles. The van der Waals surface area contributed by atoms with Crippen LogP contribution in [0.1, 0.15) is 56.8 Å². The summed E-state index contributed by atoms with van der Waals surface area (Å²) in [7, 11) is -1.89. The molecule has 2 aliphatic heterocycles. The molecular weight excluding hydrogens is 436 g/mol. The van der Waals surface area contributed by atoms with E-state index in [-0.39, 0.29) is 23.1 Å². The van der Waals surface area contributed by atoms with E-state index in [1.807, 2.05) is 30.3 Å². The molecule has 184 valence electrons. The molecule has 0 saturated carbocycles. The van der Waals surface area contributed by atoms with Crippen molar-refractivity contribution in [3.8, 4) is 11.1 Å². The van der Waals surface area contributed by atoms with E-state index in [1.54, 1.807) is 0 Å². The number of piperidine rings is 1. The van der Waals surface area contributed by atoms with Crippen LogP contribution >= 0.6 is 0 Å². The molecule has 1 amide bonds. The van der Waals surface area contributed by atoms with Gasteiger partial charge < -0.3 is 14.2 Å². The van der Waals surface area contributed by atoms with E-state index in [2.05, 4.69) is 67.9 Å². The summed E-state index contributed by atoms with van der Waals surface area (Å²) in [4.78, 5) is 18.4. The van der Waals surface area contributed by atoms with Crippen molar-refractivity contribution in [3.63, 3.8) is 0 Å². The van der Waals surface area contributed by atoms with Crippen molar-refractivity contribution in [2.24, 2.45) is 0 Å². The molecule has 2 aliphatic rings. The van der Waals surface area contributed by atoms with Crippen molar-refractivity contribution in [2.45, 2.75) is 76.7 Å². The first-order chi connectivity index (χ1) is 16.1. The summed E-state index contributed by atoms with van der Waals surface area (Å²) in [5.74, 6) is 0.142. The van der Waals surface area contributed by atoms with Crippen LogP contribution in [0.2, 0.25) is 18.1 Å². The van der Waals surface area contributed by atoms with Gasteiger partial charge in [0.15, 0.2) is 8.32 Å². The molecule has 0 radical (unpaired) electrons. The summed E-state index contributed by atoms with van der Waals surface area (Å²) >= 11 is 0. The van der Waals surface area contributed by atoms with Crippen LogP contribution in [0.4, 0.5) is 0 Å². The van der Waals surface area contributed by atoms with Crippen LogP contribution in [0.15, 0.2) is 54.6 Å². The van der Waals surface area contributed by atoms with Gasteiger partial charge >= 0.3 is 0 Å². The normalized spacial score (nSPS) is 22.2. The Morgan fingerprint density at radius 3 is 2.18 bits per heavy atom. The summed E-state index contributed by atoms with van der Waals surface area (Å²) in [5.41, 5.74) is 3.09. The van der Waals surface area contributed by atoms with E-state index in [0.29, 0.717) is 6.54 Å². The fraction of sp³-hybridized carbons (Fsp3) is 0.552. The molecule has 2 fully saturated rings. The van der Waals surface area contributed by atoms with Crippen LogP contribution in [-0.2, 0) is 4.43 Å². The lowest BCUT2D eigenvalue weighted by Crippen LogP contribution is -2.45. The molecule has 0 bridgehead atoms. The Hall–Kier alpha value is -1.95. The maximum atomic E-state index is 13.7. The third-order valence-electron chi connectivity index (χ3n) is 8.06. The van der Waals surface area contributed by atoms with Crippen molar-refractivity contribution < 1.29 is 9.22 Å². The third kappa shape index (κ3) is 5.81. The van der Waals surface area contributed by atoms with Gasteiger partial charge in [0, 0.05) is 24.7 Å². The minimum atomic E-state index is -1.89. The largest absolute Gasteiger partial charge is 0.412 e. The quantitative estimate of drug-likeness (QED) is 0.448. The number of amides is 1. The summed E-state index contributed by atoms with van der Waals surface area (Å²) < 4.78 is 6.80. The summed E-state index contributed by atoms with van der Waals surface area (Å²) in [6, 6.07) is 18.7. The van der Waals surface area contributed by atoms with E-state index in [1.165, 1.54) is 24.8 Å². The zero-order valence-electron chi connectivity index (χ0n) is 21.7. The Balaban J connectivity index is 1.51. The topological polar surface area (TPSA) is 32.8 Å². The molecule has 34 heavy (non-hydrogen) atoms. The van der Waals surface area contributed by atoms with Crippen LogP contribution in [0.3, 0.4) is 0 Å². The highest BCUT2D eigenvalue weighted by Gasteiger charge is 2.44. The second-order valence-corrected chi connectivity index (χ2v) is 16.4. The van der Waals surface area contributed by atoms with Crippen molar-refractivity contribution in [1.82, 2.24) is 9.80 Å². The molecule has 2 aromatic carbocycles. The third-order valence-corrected chi connectivity index (χ3v) is 12.6. The second kappa shape index (κ2) is 10.3. The maximum Gasteiger partial charge on any atom is 0.254 e. The number of carbonyl (C=O) groups is 1. The van der Waals surface area contributed by atoms with Crippen LogP contribution < -0.4 is 0 Å². The smallest absolute Gasteiger partial charge is 0.254 e. The van der Waals surface area contributed by atoms with Crippen molar-refractivity contribution in [1.29, 1.82) is 0 Å². The monoisotopic (exact) mass is 478 g/mol. The zero-order chi connectivity index (χ0) is 24.3. The molecule has 0 aromatic heterocycles. The average Bonchev–Trinajstić information content (AvgIpc) is 3.20. The van der Waals surface area contributed by atoms with Crippen LogP contribution in [0.25, 0.3) is 11.1 Å². The van der Waals surface area contributed by atoms with Crippen LogP contribution in [0, 0.1) is 0 Å². The number of hydrogen-bond acceptors (Lipinski definition) is 3. The summed E-state index contributed by atoms with van der Waals surface area (Å²) in [6.45, 7) is 15.5. The summed E-state index contributed by atoms with van der Waals surface area (Å²) in [5, 5.41) is 0.167. The fourth-order valence-electron chi connectivity index (χ4n) is 5.02. The van der Waals surface area contributed by atoms with Gasteiger partial charge in [0.2, 0.25) is 0 Å². The molecule has 5 heteroatoms. The molecule has 4 rings (SSSR count). The Morgan fingerprint density at radius 1 is 0.941 bits per heavy atom. The van der Waals surface area contributed by atoms with Gasteiger partial charge in [-0.25, -0.2) is 0 Å². The van der Waals surface area contributed by atoms with E-state index < -0.39 is 8.32 Å². The van der Waals surface area contributed by atoms with Crippen LogP contribution in [-0.4, -0.2) is 62.3 Å². The second-order valence-electron chi connectivity index (χ2n) is 11.7. The first-order valence-corrected chi connectivity index (χ1v) is 15.9. The predicted molar refractivity (Wildman–Crippen MR) is 144 cm³/mol. The molecule has 0 N–H and O–H groups in total. The first-order valence-electron chi connectivity index (χ1n) is 13.0. The van der Waals surface area contributed by atoms with E-state index >= 15 is 0 Å². The van der Waals surface area contributed by atoms with Gasteiger partial charge in [0.25, 0.3) is 5.91 Å². The van der Waals surface area contributed by atoms with Crippen molar-refractivity contribution in [2.75, 3.05) is 26.2 Å². The molecule has 0 spiro atoms. The Morgan fingerprint density at radius 2 is 1.56 bits per heavy atom. The maximum absolute atomic E-state index is 13.7. The predicted octanol–water partition coefficient (Wildman–Crippen LogP) is 6.44. The highest BCUT2D eigenvalue weighted by Crippen LogP contribution is 2.39. The van der Waals surface area contributed by atoms with E-state index in [0.717, 1.165) is 37.2 Å². The zero-order valence-corrected chi connectivity index (χ0v) is 22.7. The van der Waals surface area contributed by atoms with Crippen molar-refractivity contribution >= 4 is 14.2 Å². The standard InChI is InChI=1S/C29H42N2O2Si/c1-29(2,3)34(4,5)33-27-20-26(21-30-18-10-7-11-19-30)31(22-27)28(32)25-16-14-24(15-17-25)23-12-8-6-9-13-23/h6,8-9,12-17,26-27H,7,10-11,18-22H2,1-5H3/t26-,27?/m0/s1. The molecule has 1 unspecified atom stereocenters. The molecule has 4 nitrogen and oxygen atoms in total. The molecule has 2 saturated heterocycles. The molecular formula is C29H42N2O2Si. The van der Waals surface area contributed by atoms with Gasteiger partial charge in [0.1, 0.15) is 0 Å². The molecule has 2 atom stereocenters. The Bertz CT molecular complexity index is 946. The highest BCUT2D eigenvalue weighted by atomic mass is 28.4. The first kappa shape index (κ1) is 25.1. The lowest BCUT2D eigenvalue weighted by atomic mass is 10.0. The number of benzene rings is 2. The van der Waals surface area contributed by atoms with Crippen LogP contribution in [0.5, 0.6) is 0 Å². The average molecular weight is 479 g/mol. The molecule has 0 aliphatic carbocycles. The van der Waals surface area contributed by atoms with Gasteiger partial charge in [0.05, 0.1) is 6.10 Å². The van der Waals surface area contributed by atoms with E-state index in [9.17, 15) is 4.79 Å². The number of nitrogens with zero attached hydrogens (tertiary/aromatic N) is 2. The fourth-order valence-corrected chi connectivity index (χ4v) is 6.37. The number of likely N-dealkylation sites (tertiary alicyclic amines) is 2. The Kier molecular flexibility index (Phi) is 7.65. The Labute approximate surface area is 207 Å². The SMILES string of the molecule is CC(C)(C)[Si](C)(C)OC1C[C@@H](CN2CCCCC2)N(C(=O)c2ccc(-c3ccccc3)cc2)C1. The number of carbonyl (C=O) groups excluding carboxylic acids is 1. The van der Waals surface area contributed by atoms with Gasteiger partial charge in [-0.15, -0.1) is 0 Å². The summed E-state index contributed by atoms with van der Waals surface area (Å²) in [6.07, 6.45) is 4.94. The minimum absolute atomic E-state index is 0.128. The van der Waals surface area contributed by atoms with Crippen molar-refractivity contribution in [3.05, 3.63) is 60.2 Å². The van der Waals surface area contributed by atoms with Gasteiger partial charge in [-0.2, -0.15) is 0 Å². The van der Waals surface area contributed by atoms with Gasteiger partial charge in [-0.1, -0.05) is 69.7 Å².